The van der Waals surface area contributed by atoms with Gasteiger partial charge in [0.1, 0.15) is 6.61 Å². The molecule has 0 bridgehead atoms. The number of carbonyl (C=O) groups is 1. The van der Waals surface area contributed by atoms with Gasteiger partial charge in [-0.1, -0.05) is 6.07 Å². The Morgan fingerprint density at radius 1 is 1.38 bits per heavy atom. The van der Waals surface area contributed by atoms with E-state index in [9.17, 15) is 4.79 Å². The van der Waals surface area contributed by atoms with Gasteiger partial charge in [-0.25, -0.2) is 4.79 Å². The third kappa shape index (κ3) is 3.55. The van der Waals surface area contributed by atoms with Gasteiger partial charge >= 0.3 is 5.97 Å². The molecule has 1 aromatic carbocycles. The molecule has 0 aliphatic carbocycles. The number of aryl methyl sites for hydroxylation is 1. The topological polar surface area (TPSA) is 61.5 Å². The highest BCUT2D eigenvalue weighted by Gasteiger charge is 2.07. The van der Waals surface area contributed by atoms with Crippen LogP contribution in [0.1, 0.15) is 22.8 Å². The van der Waals surface area contributed by atoms with Crippen molar-refractivity contribution < 1.29 is 14.3 Å². The Bertz CT molecular complexity index is 363. The largest absolute Gasteiger partial charge is 0.460 e. The quantitative estimate of drug-likeness (QED) is 0.469. The van der Waals surface area contributed by atoms with E-state index in [2.05, 4.69) is 0 Å². The molecule has 0 aromatic heterocycles. The number of nitrogens with two attached hydrogens (primary N) is 1. The van der Waals surface area contributed by atoms with Gasteiger partial charge in [-0.2, -0.15) is 0 Å². The molecule has 0 radical (unpaired) electrons. The van der Waals surface area contributed by atoms with Crippen molar-refractivity contribution in [3.05, 3.63) is 29.3 Å². The molecule has 0 aliphatic rings. The van der Waals surface area contributed by atoms with Crippen LogP contribution in [-0.2, 0) is 9.47 Å². The van der Waals surface area contributed by atoms with Gasteiger partial charge in [-0.3, -0.25) is 0 Å². The van der Waals surface area contributed by atoms with E-state index in [1.165, 1.54) is 0 Å². The van der Waals surface area contributed by atoms with Gasteiger partial charge in [0.15, 0.2) is 0 Å². The van der Waals surface area contributed by atoms with E-state index < -0.39 is 0 Å². The average molecular weight is 223 g/mol. The average Bonchev–Trinajstić information content (AvgIpc) is 2.28. The highest BCUT2D eigenvalue weighted by atomic mass is 16.6. The van der Waals surface area contributed by atoms with Gasteiger partial charge in [0.25, 0.3) is 0 Å². The van der Waals surface area contributed by atoms with Crippen LogP contribution in [0.2, 0.25) is 0 Å². The lowest BCUT2D eigenvalue weighted by Crippen LogP contribution is -2.11. The molecule has 0 heterocycles. The standard InChI is InChI=1S/C12H17NO3/c1-3-15-6-7-16-12(14)10-5-4-9(2)11(13)8-10/h4-5,8H,3,6-7,13H2,1-2H3. The second-order valence-electron chi connectivity index (χ2n) is 3.40. The summed E-state index contributed by atoms with van der Waals surface area (Å²) in [6, 6.07) is 5.13. The Morgan fingerprint density at radius 3 is 2.75 bits per heavy atom. The minimum Gasteiger partial charge on any atom is -0.460 e. The molecule has 16 heavy (non-hydrogen) atoms. The summed E-state index contributed by atoms with van der Waals surface area (Å²) in [6.07, 6.45) is 0. The van der Waals surface area contributed by atoms with Crippen LogP contribution in [0.5, 0.6) is 0 Å². The summed E-state index contributed by atoms with van der Waals surface area (Å²) in [5.74, 6) is -0.369. The normalized spacial score (nSPS) is 10.1. The summed E-state index contributed by atoms with van der Waals surface area (Å²) >= 11 is 0. The molecule has 88 valence electrons. The van der Waals surface area contributed by atoms with Gasteiger partial charge in [0, 0.05) is 12.3 Å². The van der Waals surface area contributed by atoms with Crippen LogP contribution in [0.3, 0.4) is 0 Å². The number of benzene rings is 1. The lowest BCUT2D eigenvalue weighted by molar-refractivity contribution is 0.0335. The maximum Gasteiger partial charge on any atom is 0.338 e. The molecule has 0 amide bonds. The van der Waals surface area contributed by atoms with E-state index in [4.69, 9.17) is 15.2 Å². The van der Waals surface area contributed by atoms with Crippen molar-refractivity contribution in [3.8, 4) is 0 Å². The molecule has 0 saturated heterocycles. The molecule has 0 spiro atoms. The van der Waals surface area contributed by atoms with E-state index in [0.717, 1.165) is 5.56 Å². The van der Waals surface area contributed by atoms with E-state index in [1.807, 2.05) is 13.8 Å². The van der Waals surface area contributed by atoms with Crippen LogP contribution < -0.4 is 5.73 Å². The first-order chi connectivity index (χ1) is 7.65. The lowest BCUT2D eigenvalue weighted by Gasteiger charge is -2.06. The highest BCUT2D eigenvalue weighted by molar-refractivity contribution is 5.90. The molecule has 4 nitrogen and oxygen atoms in total. The van der Waals surface area contributed by atoms with Gasteiger partial charge in [-0.15, -0.1) is 0 Å². The van der Waals surface area contributed by atoms with Gasteiger partial charge in [0.05, 0.1) is 12.2 Å². The van der Waals surface area contributed by atoms with Crippen molar-refractivity contribution in [3.63, 3.8) is 0 Å². The number of carbonyl (C=O) groups excluding carboxylic acids is 1. The van der Waals surface area contributed by atoms with Crippen molar-refractivity contribution in [1.29, 1.82) is 0 Å². The third-order valence-electron chi connectivity index (χ3n) is 2.18. The fourth-order valence-electron chi connectivity index (χ4n) is 1.19. The maximum absolute atomic E-state index is 11.5. The van der Waals surface area contributed by atoms with E-state index >= 15 is 0 Å². The van der Waals surface area contributed by atoms with Crippen molar-refractivity contribution in [2.24, 2.45) is 0 Å². The first kappa shape index (κ1) is 12.5. The monoisotopic (exact) mass is 223 g/mol. The van der Waals surface area contributed by atoms with Crippen molar-refractivity contribution in [2.75, 3.05) is 25.6 Å². The predicted molar refractivity (Wildman–Crippen MR) is 62.4 cm³/mol. The molecular formula is C12H17NO3. The Labute approximate surface area is 95.3 Å². The molecule has 0 saturated carbocycles. The summed E-state index contributed by atoms with van der Waals surface area (Å²) < 4.78 is 10.1. The minimum atomic E-state index is -0.369. The Kier molecular flexibility index (Phi) is 4.79. The first-order valence-electron chi connectivity index (χ1n) is 5.26. The molecule has 0 unspecified atom stereocenters. The SMILES string of the molecule is CCOCCOC(=O)c1ccc(C)c(N)c1. The molecule has 2 N–H and O–H groups in total. The van der Waals surface area contributed by atoms with E-state index in [-0.39, 0.29) is 12.6 Å². The van der Waals surface area contributed by atoms with Gasteiger partial charge < -0.3 is 15.2 Å². The number of rotatable bonds is 5. The van der Waals surface area contributed by atoms with Crippen LogP contribution in [-0.4, -0.2) is 25.8 Å². The number of nitrogen functional groups attached to an aromatic ring is 1. The van der Waals surface area contributed by atoms with Crippen molar-refractivity contribution >= 4 is 11.7 Å². The molecule has 1 rings (SSSR count). The molecule has 0 aliphatic heterocycles. The molecule has 4 heteroatoms. The zero-order valence-electron chi connectivity index (χ0n) is 9.66. The number of anilines is 1. The lowest BCUT2D eigenvalue weighted by atomic mass is 10.1. The predicted octanol–water partition coefficient (Wildman–Crippen LogP) is 1.77. The summed E-state index contributed by atoms with van der Waals surface area (Å²) in [6.45, 7) is 5.08. The van der Waals surface area contributed by atoms with E-state index in [1.54, 1.807) is 18.2 Å². The second-order valence-corrected chi connectivity index (χ2v) is 3.40. The van der Waals surface area contributed by atoms with E-state index in [0.29, 0.717) is 24.5 Å². The Hall–Kier alpha value is -1.55. The van der Waals surface area contributed by atoms with Crippen LogP contribution in [0.15, 0.2) is 18.2 Å². The fourth-order valence-corrected chi connectivity index (χ4v) is 1.19. The Morgan fingerprint density at radius 2 is 2.12 bits per heavy atom. The van der Waals surface area contributed by atoms with Crippen LogP contribution in [0.4, 0.5) is 5.69 Å². The number of hydrogen-bond acceptors (Lipinski definition) is 4. The smallest absolute Gasteiger partial charge is 0.338 e. The fraction of sp³-hybridized carbons (Fsp3) is 0.417. The zero-order chi connectivity index (χ0) is 12.0. The zero-order valence-corrected chi connectivity index (χ0v) is 9.66. The molecule has 1 aromatic rings. The maximum atomic E-state index is 11.5. The van der Waals surface area contributed by atoms with Crippen LogP contribution >= 0.6 is 0 Å². The molecular weight excluding hydrogens is 206 g/mol. The highest BCUT2D eigenvalue weighted by Crippen LogP contribution is 2.13. The summed E-state index contributed by atoms with van der Waals surface area (Å²) in [4.78, 5) is 11.5. The van der Waals surface area contributed by atoms with Gasteiger partial charge in [-0.05, 0) is 31.5 Å². The summed E-state index contributed by atoms with van der Waals surface area (Å²) in [5, 5.41) is 0. The Balaban J connectivity index is 2.50. The first-order valence-corrected chi connectivity index (χ1v) is 5.26. The summed E-state index contributed by atoms with van der Waals surface area (Å²) in [5.41, 5.74) is 7.72. The van der Waals surface area contributed by atoms with Crippen LogP contribution in [0, 0.1) is 6.92 Å². The van der Waals surface area contributed by atoms with Gasteiger partial charge in [0.2, 0.25) is 0 Å². The number of hydrogen-bond donors (Lipinski definition) is 1. The number of esters is 1. The summed E-state index contributed by atoms with van der Waals surface area (Å²) in [7, 11) is 0. The molecule has 0 atom stereocenters. The van der Waals surface area contributed by atoms with Crippen molar-refractivity contribution in [1.82, 2.24) is 0 Å². The number of ether oxygens (including phenoxy) is 2. The van der Waals surface area contributed by atoms with Crippen LogP contribution in [0.25, 0.3) is 0 Å². The second kappa shape index (κ2) is 6.12. The van der Waals surface area contributed by atoms with Crippen molar-refractivity contribution in [2.45, 2.75) is 13.8 Å². The minimum absolute atomic E-state index is 0.264. The molecule has 0 fully saturated rings. The third-order valence-corrected chi connectivity index (χ3v) is 2.18.